The Morgan fingerprint density at radius 3 is 2.84 bits per heavy atom. The molecule has 0 aromatic carbocycles. The smallest absolute Gasteiger partial charge is 0.0710 e. The summed E-state index contributed by atoms with van der Waals surface area (Å²) in [4.78, 5) is 4.49. The van der Waals surface area contributed by atoms with Gasteiger partial charge in [-0.05, 0) is 44.4 Å². The molecule has 2 rings (SSSR count). The van der Waals surface area contributed by atoms with Crippen molar-refractivity contribution in [1.29, 1.82) is 0 Å². The normalized spacial score (nSPS) is 21.1. The molecule has 0 spiro atoms. The van der Waals surface area contributed by atoms with E-state index >= 15 is 0 Å². The van der Waals surface area contributed by atoms with Crippen molar-refractivity contribution in [2.45, 2.75) is 51.5 Å². The van der Waals surface area contributed by atoms with Crippen LogP contribution in [0.25, 0.3) is 0 Å². The monoisotopic (exact) mass is 278 g/mol. The van der Waals surface area contributed by atoms with Crippen LogP contribution in [-0.4, -0.2) is 11.5 Å². The average molecular weight is 279 g/mol. The Morgan fingerprint density at radius 1 is 1.26 bits per heavy atom. The largest absolute Gasteiger partial charge is 0.306 e. The van der Waals surface area contributed by atoms with Gasteiger partial charge in [-0.3, -0.25) is 4.98 Å². The summed E-state index contributed by atoms with van der Waals surface area (Å²) in [7, 11) is 0. The zero-order valence-electron chi connectivity index (χ0n) is 11.7. The van der Waals surface area contributed by atoms with E-state index in [4.69, 9.17) is 11.6 Å². The SMILES string of the molecule is CCNC(/C1=C/CCCCCC1)c1ccc(Cl)cn1. The van der Waals surface area contributed by atoms with E-state index in [1.807, 2.05) is 12.1 Å². The minimum absolute atomic E-state index is 0.250. The van der Waals surface area contributed by atoms with Crippen molar-refractivity contribution in [2.24, 2.45) is 0 Å². The number of hydrogen-bond acceptors (Lipinski definition) is 2. The lowest BCUT2D eigenvalue weighted by Gasteiger charge is -2.22. The van der Waals surface area contributed by atoms with Crippen molar-refractivity contribution in [3.63, 3.8) is 0 Å². The highest BCUT2D eigenvalue weighted by Crippen LogP contribution is 2.28. The molecule has 0 saturated carbocycles. The van der Waals surface area contributed by atoms with Crippen molar-refractivity contribution in [1.82, 2.24) is 10.3 Å². The minimum atomic E-state index is 0.250. The van der Waals surface area contributed by atoms with Crippen LogP contribution in [0.4, 0.5) is 0 Å². The van der Waals surface area contributed by atoms with Crippen LogP contribution in [0.1, 0.15) is 57.2 Å². The Bertz CT molecular complexity index is 411. The van der Waals surface area contributed by atoms with E-state index < -0.39 is 0 Å². The molecule has 1 aromatic heterocycles. The molecule has 0 fully saturated rings. The first-order valence-corrected chi connectivity index (χ1v) is 7.73. The van der Waals surface area contributed by atoms with Gasteiger partial charge in [0, 0.05) is 6.20 Å². The van der Waals surface area contributed by atoms with Crippen molar-refractivity contribution in [2.75, 3.05) is 6.54 Å². The van der Waals surface area contributed by atoms with Crippen LogP contribution in [0.3, 0.4) is 0 Å². The van der Waals surface area contributed by atoms with Gasteiger partial charge in [0.2, 0.25) is 0 Å². The molecule has 0 aliphatic heterocycles. The minimum Gasteiger partial charge on any atom is -0.306 e. The summed E-state index contributed by atoms with van der Waals surface area (Å²) in [6, 6.07) is 4.22. The Labute approximate surface area is 121 Å². The Hall–Kier alpha value is -0.860. The highest BCUT2D eigenvalue weighted by atomic mass is 35.5. The van der Waals surface area contributed by atoms with Gasteiger partial charge in [-0.2, -0.15) is 0 Å². The van der Waals surface area contributed by atoms with E-state index in [-0.39, 0.29) is 6.04 Å². The number of aromatic nitrogens is 1. The van der Waals surface area contributed by atoms with E-state index in [9.17, 15) is 0 Å². The van der Waals surface area contributed by atoms with Crippen LogP contribution in [0.2, 0.25) is 5.02 Å². The van der Waals surface area contributed by atoms with Gasteiger partial charge in [-0.1, -0.05) is 43.0 Å². The van der Waals surface area contributed by atoms with E-state index in [2.05, 4.69) is 23.3 Å². The molecule has 0 amide bonds. The fourth-order valence-electron chi connectivity index (χ4n) is 2.67. The molecular formula is C16H23ClN2. The van der Waals surface area contributed by atoms with Gasteiger partial charge in [0.15, 0.2) is 0 Å². The summed E-state index contributed by atoms with van der Waals surface area (Å²) >= 11 is 5.93. The number of halogens is 1. The van der Waals surface area contributed by atoms with Gasteiger partial charge in [0.05, 0.1) is 16.8 Å². The zero-order valence-corrected chi connectivity index (χ0v) is 12.4. The van der Waals surface area contributed by atoms with Gasteiger partial charge in [-0.15, -0.1) is 0 Å². The average Bonchev–Trinajstić information content (AvgIpc) is 2.38. The van der Waals surface area contributed by atoms with E-state index in [1.54, 1.807) is 6.20 Å². The van der Waals surface area contributed by atoms with Crippen LogP contribution in [0.15, 0.2) is 30.0 Å². The van der Waals surface area contributed by atoms with Crippen molar-refractivity contribution < 1.29 is 0 Å². The van der Waals surface area contributed by atoms with Crippen LogP contribution < -0.4 is 5.32 Å². The highest BCUT2D eigenvalue weighted by molar-refractivity contribution is 6.30. The molecule has 1 N–H and O–H groups in total. The fraction of sp³-hybridized carbons (Fsp3) is 0.562. The Morgan fingerprint density at radius 2 is 2.11 bits per heavy atom. The zero-order chi connectivity index (χ0) is 13.5. The van der Waals surface area contributed by atoms with Gasteiger partial charge in [0.1, 0.15) is 0 Å². The molecule has 104 valence electrons. The van der Waals surface area contributed by atoms with Crippen LogP contribution in [0.5, 0.6) is 0 Å². The molecule has 0 bridgehead atoms. The Balaban J connectivity index is 2.20. The maximum atomic E-state index is 5.93. The maximum Gasteiger partial charge on any atom is 0.0710 e. The summed E-state index contributed by atoms with van der Waals surface area (Å²) < 4.78 is 0. The standard InChI is InChI=1S/C16H23ClN2/c1-2-18-16(15-11-10-14(17)12-19-15)13-8-6-4-3-5-7-9-13/h8,10-12,16,18H,2-7,9H2,1H3/b13-8+. The summed E-state index contributed by atoms with van der Waals surface area (Å²) in [5.41, 5.74) is 2.58. The molecule has 1 aliphatic carbocycles. The molecular weight excluding hydrogens is 256 g/mol. The maximum absolute atomic E-state index is 5.93. The van der Waals surface area contributed by atoms with Gasteiger partial charge in [0.25, 0.3) is 0 Å². The molecule has 2 nitrogen and oxygen atoms in total. The first kappa shape index (κ1) is 14.5. The molecule has 0 radical (unpaired) electrons. The first-order chi connectivity index (χ1) is 9.31. The van der Waals surface area contributed by atoms with E-state index in [0.29, 0.717) is 5.02 Å². The third-order valence-corrected chi connectivity index (χ3v) is 3.87. The molecule has 1 aromatic rings. The summed E-state index contributed by atoms with van der Waals surface area (Å²) in [6.07, 6.45) is 11.9. The number of likely N-dealkylation sites (N-methyl/N-ethyl adjacent to an activating group) is 1. The highest BCUT2D eigenvalue weighted by Gasteiger charge is 2.17. The summed E-state index contributed by atoms with van der Waals surface area (Å²) in [6.45, 7) is 3.10. The lowest BCUT2D eigenvalue weighted by molar-refractivity contribution is 0.546. The van der Waals surface area contributed by atoms with Gasteiger partial charge >= 0.3 is 0 Å². The number of pyridine rings is 1. The molecule has 1 heterocycles. The molecule has 0 saturated heterocycles. The molecule has 3 heteroatoms. The lowest BCUT2D eigenvalue weighted by Crippen LogP contribution is -2.24. The molecule has 1 aliphatic rings. The number of allylic oxidation sites excluding steroid dienone is 1. The molecule has 19 heavy (non-hydrogen) atoms. The second-order valence-corrected chi connectivity index (χ2v) is 5.56. The Kier molecular flexibility index (Phi) is 5.87. The second kappa shape index (κ2) is 7.66. The second-order valence-electron chi connectivity index (χ2n) is 5.12. The fourth-order valence-corrected chi connectivity index (χ4v) is 2.78. The van der Waals surface area contributed by atoms with Crippen molar-refractivity contribution in [3.8, 4) is 0 Å². The predicted molar refractivity (Wildman–Crippen MR) is 81.4 cm³/mol. The van der Waals surface area contributed by atoms with E-state index in [0.717, 1.165) is 12.2 Å². The van der Waals surface area contributed by atoms with Gasteiger partial charge < -0.3 is 5.32 Å². The first-order valence-electron chi connectivity index (χ1n) is 7.35. The van der Waals surface area contributed by atoms with Crippen molar-refractivity contribution in [3.05, 3.63) is 40.7 Å². The lowest BCUT2D eigenvalue weighted by atomic mass is 9.93. The van der Waals surface area contributed by atoms with Crippen LogP contribution in [-0.2, 0) is 0 Å². The third kappa shape index (κ3) is 4.32. The van der Waals surface area contributed by atoms with Crippen LogP contribution in [0, 0.1) is 0 Å². The number of nitrogens with one attached hydrogen (secondary N) is 1. The quantitative estimate of drug-likeness (QED) is 0.810. The number of rotatable bonds is 4. The molecule has 1 unspecified atom stereocenters. The number of hydrogen-bond donors (Lipinski definition) is 1. The topological polar surface area (TPSA) is 24.9 Å². The predicted octanol–water partition coefficient (Wildman–Crippen LogP) is 4.67. The molecule has 1 atom stereocenters. The van der Waals surface area contributed by atoms with Crippen molar-refractivity contribution >= 4 is 11.6 Å². The summed E-state index contributed by atoms with van der Waals surface area (Å²) in [5.74, 6) is 0. The third-order valence-electron chi connectivity index (χ3n) is 3.65. The van der Waals surface area contributed by atoms with Crippen LogP contribution >= 0.6 is 11.6 Å². The van der Waals surface area contributed by atoms with E-state index in [1.165, 1.54) is 44.1 Å². The summed E-state index contributed by atoms with van der Waals surface area (Å²) in [5, 5.41) is 4.26. The van der Waals surface area contributed by atoms with Gasteiger partial charge in [-0.25, -0.2) is 0 Å². The number of nitrogens with zero attached hydrogens (tertiary/aromatic N) is 1.